The van der Waals surface area contributed by atoms with E-state index in [2.05, 4.69) is 20.6 Å². The number of likely N-dealkylation sites (tertiary alicyclic amines) is 1. The average molecular weight is 483 g/mol. The number of aromatic nitrogens is 2. The van der Waals surface area contributed by atoms with Crippen LogP contribution in [0, 0.1) is 5.92 Å². The summed E-state index contributed by atoms with van der Waals surface area (Å²) in [6.45, 7) is 3.96. The summed E-state index contributed by atoms with van der Waals surface area (Å²) in [5, 5.41) is 14.7. The zero-order chi connectivity index (χ0) is 24.5. The van der Waals surface area contributed by atoms with Gasteiger partial charge in [0.25, 0.3) is 0 Å². The molecule has 1 saturated heterocycles. The molecule has 0 saturated carbocycles. The molecule has 1 aliphatic rings. The lowest BCUT2D eigenvalue weighted by Crippen LogP contribution is -2.57. The third-order valence-corrected chi connectivity index (χ3v) is 6.32. The summed E-state index contributed by atoms with van der Waals surface area (Å²) in [7, 11) is 0. The second kappa shape index (κ2) is 12.6. The molecule has 11 nitrogen and oxygen atoms in total. The van der Waals surface area contributed by atoms with Crippen LogP contribution in [-0.2, 0) is 25.6 Å². The molecule has 1 aromatic rings. The summed E-state index contributed by atoms with van der Waals surface area (Å²) in [6.07, 6.45) is 6.36. The Labute approximate surface area is 197 Å². The van der Waals surface area contributed by atoms with E-state index in [1.165, 1.54) is 23.0 Å². The van der Waals surface area contributed by atoms with E-state index in [4.69, 9.17) is 5.73 Å². The van der Waals surface area contributed by atoms with Crippen LogP contribution in [0.25, 0.3) is 0 Å². The topological polar surface area (TPSA) is 171 Å². The Morgan fingerprint density at radius 1 is 1.30 bits per heavy atom. The van der Waals surface area contributed by atoms with Crippen LogP contribution in [0.2, 0.25) is 0 Å². The van der Waals surface area contributed by atoms with Crippen molar-refractivity contribution in [1.29, 1.82) is 0 Å². The second-order valence-corrected chi connectivity index (χ2v) is 9.47. The average Bonchev–Trinajstić information content (AvgIpc) is 3.46. The number of amides is 3. The van der Waals surface area contributed by atoms with Gasteiger partial charge < -0.3 is 31.4 Å². The number of nitrogens with zero attached hydrogens (tertiary/aromatic N) is 2. The lowest BCUT2D eigenvalue weighted by Gasteiger charge is -2.30. The molecule has 4 unspecified atom stereocenters. The van der Waals surface area contributed by atoms with Gasteiger partial charge in [-0.25, -0.2) is 9.78 Å². The van der Waals surface area contributed by atoms with Crippen molar-refractivity contribution in [2.75, 3.05) is 18.6 Å². The minimum Gasteiger partial charge on any atom is -0.480 e. The summed E-state index contributed by atoms with van der Waals surface area (Å²) >= 11 is 1.49. The highest BCUT2D eigenvalue weighted by Crippen LogP contribution is 2.20. The summed E-state index contributed by atoms with van der Waals surface area (Å²) in [5.74, 6) is -2.01. The number of aromatic amines is 1. The monoisotopic (exact) mass is 482 g/mol. The smallest absolute Gasteiger partial charge is 0.326 e. The maximum atomic E-state index is 13.4. The first-order valence-electron chi connectivity index (χ1n) is 11.0. The van der Waals surface area contributed by atoms with E-state index in [9.17, 15) is 24.3 Å². The molecule has 0 bridgehead atoms. The Morgan fingerprint density at radius 2 is 2.03 bits per heavy atom. The third kappa shape index (κ3) is 7.46. The number of nitrogens with one attached hydrogen (secondary N) is 3. The fraction of sp³-hybridized carbons (Fsp3) is 0.667. The van der Waals surface area contributed by atoms with Crippen molar-refractivity contribution in [2.24, 2.45) is 11.7 Å². The molecular formula is C21H34N6O5S. The Morgan fingerprint density at radius 3 is 2.61 bits per heavy atom. The van der Waals surface area contributed by atoms with Crippen LogP contribution in [0.15, 0.2) is 12.5 Å². The quantitative estimate of drug-likeness (QED) is 0.271. The lowest BCUT2D eigenvalue weighted by atomic mass is 10.0. The summed E-state index contributed by atoms with van der Waals surface area (Å²) in [4.78, 5) is 58.8. The van der Waals surface area contributed by atoms with Crippen molar-refractivity contribution < 1.29 is 24.3 Å². The maximum Gasteiger partial charge on any atom is 0.326 e. The largest absolute Gasteiger partial charge is 0.480 e. The van der Waals surface area contributed by atoms with E-state index in [1.807, 2.05) is 20.1 Å². The number of H-pyrrole nitrogens is 1. The number of carbonyl (C=O) groups is 4. The predicted octanol–water partition coefficient (Wildman–Crippen LogP) is -0.266. The van der Waals surface area contributed by atoms with Crippen LogP contribution in [0.1, 0.15) is 38.8 Å². The van der Waals surface area contributed by atoms with E-state index < -0.39 is 47.9 Å². The van der Waals surface area contributed by atoms with Crippen LogP contribution in [0.5, 0.6) is 0 Å². The van der Waals surface area contributed by atoms with Crippen LogP contribution >= 0.6 is 11.8 Å². The molecule has 1 aromatic heterocycles. The Hall–Kier alpha value is -2.60. The number of carboxylic acids is 1. The van der Waals surface area contributed by atoms with Crippen molar-refractivity contribution in [1.82, 2.24) is 25.5 Å². The molecule has 0 radical (unpaired) electrons. The van der Waals surface area contributed by atoms with Gasteiger partial charge in [-0.05, 0) is 37.2 Å². The van der Waals surface area contributed by atoms with E-state index in [0.29, 0.717) is 30.8 Å². The number of carbonyl (C=O) groups excluding carboxylic acids is 3. The fourth-order valence-electron chi connectivity index (χ4n) is 3.65. The molecule has 4 atom stereocenters. The molecule has 0 aromatic carbocycles. The van der Waals surface area contributed by atoms with Gasteiger partial charge in [0, 0.05) is 24.9 Å². The normalized spacial score (nSPS) is 18.6. The number of hydrogen-bond donors (Lipinski definition) is 5. The van der Waals surface area contributed by atoms with Gasteiger partial charge in [0.15, 0.2) is 0 Å². The highest BCUT2D eigenvalue weighted by atomic mass is 32.2. The van der Waals surface area contributed by atoms with Gasteiger partial charge in [0.1, 0.15) is 18.1 Å². The van der Waals surface area contributed by atoms with Crippen LogP contribution in [0.4, 0.5) is 0 Å². The van der Waals surface area contributed by atoms with Gasteiger partial charge in [-0.3, -0.25) is 14.4 Å². The van der Waals surface area contributed by atoms with E-state index in [1.54, 1.807) is 6.20 Å². The minimum atomic E-state index is -1.11. The maximum absolute atomic E-state index is 13.4. The van der Waals surface area contributed by atoms with E-state index in [-0.39, 0.29) is 18.8 Å². The summed E-state index contributed by atoms with van der Waals surface area (Å²) < 4.78 is 0. The highest BCUT2D eigenvalue weighted by molar-refractivity contribution is 7.98. The van der Waals surface area contributed by atoms with Gasteiger partial charge >= 0.3 is 5.97 Å². The molecule has 0 spiro atoms. The van der Waals surface area contributed by atoms with Crippen molar-refractivity contribution in [2.45, 2.75) is 63.7 Å². The molecule has 0 aliphatic carbocycles. The van der Waals surface area contributed by atoms with E-state index in [0.717, 1.165) is 0 Å². The Bertz CT molecular complexity index is 818. The summed E-state index contributed by atoms with van der Waals surface area (Å²) in [6, 6.07) is -3.55. The van der Waals surface area contributed by atoms with Gasteiger partial charge in [-0.1, -0.05) is 13.8 Å². The van der Waals surface area contributed by atoms with Crippen molar-refractivity contribution >= 4 is 35.5 Å². The molecule has 6 N–H and O–H groups in total. The number of aliphatic carboxylic acids is 1. The molecule has 2 rings (SSSR count). The zero-order valence-electron chi connectivity index (χ0n) is 19.2. The van der Waals surface area contributed by atoms with Crippen molar-refractivity contribution in [3.8, 4) is 0 Å². The van der Waals surface area contributed by atoms with Gasteiger partial charge in [-0.15, -0.1) is 0 Å². The lowest BCUT2D eigenvalue weighted by molar-refractivity contribution is -0.145. The molecule has 1 aliphatic heterocycles. The SMILES string of the molecule is CSCCC(NC(=O)C1CCCN1C(=O)C(Cc1cnc[nH]1)NC(=O)C(N)C(C)C)C(=O)O. The van der Waals surface area contributed by atoms with Gasteiger partial charge in [-0.2, -0.15) is 11.8 Å². The molecule has 3 amide bonds. The van der Waals surface area contributed by atoms with E-state index >= 15 is 0 Å². The Kier molecular flexibility index (Phi) is 10.2. The first-order valence-corrected chi connectivity index (χ1v) is 12.4. The first-order chi connectivity index (χ1) is 15.6. The number of imidazole rings is 1. The fourth-order valence-corrected chi connectivity index (χ4v) is 4.12. The molecule has 184 valence electrons. The van der Waals surface area contributed by atoms with Crippen molar-refractivity contribution in [3.63, 3.8) is 0 Å². The minimum absolute atomic E-state index is 0.118. The zero-order valence-corrected chi connectivity index (χ0v) is 20.1. The van der Waals surface area contributed by atoms with Crippen molar-refractivity contribution in [3.05, 3.63) is 18.2 Å². The predicted molar refractivity (Wildman–Crippen MR) is 124 cm³/mol. The second-order valence-electron chi connectivity index (χ2n) is 8.48. The molecule has 33 heavy (non-hydrogen) atoms. The van der Waals surface area contributed by atoms with Gasteiger partial charge in [0.2, 0.25) is 17.7 Å². The molecule has 2 heterocycles. The number of thioether (sulfide) groups is 1. The van der Waals surface area contributed by atoms with Crippen LogP contribution in [-0.4, -0.2) is 86.4 Å². The highest BCUT2D eigenvalue weighted by Gasteiger charge is 2.39. The number of nitrogens with two attached hydrogens (primary N) is 1. The number of hydrogen-bond acceptors (Lipinski definition) is 7. The number of carboxylic acid groups (broad SMARTS) is 1. The Balaban J connectivity index is 2.16. The molecule has 12 heteroatoms. The van der Waals surface area contributed by atoms with Crippen LogP contribution < -0.4 is 16.4 Å². The molecule has 1 fully saturated rings. The third-order valence-electron chi connectivity index (χ3n) is 5.68. The number of rotatable bonds is 12. The van der Waals surface area contributed by atoms with Gasteiger partial charge in [0.05, 0.1) is 12.4 Å². The standard InChI is InChI=1S/C21H34N6O5S/c1-12(2)17(22)19(29)26-15(9-13-10-23-11-24-13)20(30)27-7-4-5-16(27)18(28)25-14(21(31)32)6-8-33-3/h10-12,14-17H,4-9,22H2,1-3H3,(H,23,24)(H,25,28)(H,26,29)(H,31,32). The van der Waals surface area contributed by atoms with Crippen LogP contribution in [0.3, 0.4) is 0 Å². The first kappa shape index (κ1) is 26.7. The summed E-state index contributed by atoms with van der Waals surface area (Å²) in [5.41, 5.74) is 6.60. The molecular weight excluding hydrogens is 448 g/mol.